The van der Waals surface area contributed by atoms with Gasteiger partial charge < -0.3 is 0 Å². The fourth-order valence-electron chi connectivity index (χ4n) is 2.77. The van der Waals surface area contributed by atoms with Crippen molar-refractivity contribution in [1.82, 2.24) is 0 Å². The minimum atomic E-state index is 1.21. The van der Waals surface area contributed by atoms with Gasteiger partial charge in [0.25, 0.3) is 0 Å². The summed E-state index contributed by atoms with van der Waals surface area (Å²) in [5.74, 6) is 5.16. The molecule has 1 aliphatic heterocycles. The molecule has 5 fully saturated rings. The van der Waals surface area contributed by atoms with E-state index >= 15 is 0 Å². The lowest BCUT2D eigenvalue weighted by Crippen LogP contribution is -1.90. The van der Waals surface area contributed by atoms with Gasteiger partial charge in [-0.2, -0.15) is 11.8 Å². The zero-order valence-corrected chi connectivity index (χ0v) is 4.69. The maximum Gasteiger partial charge on any atom is 0.0206 e. The summed E-state index contributed by atoms with van der Waals surface area (Å²) in [6, 6.07) is 0. The molecule has 0 radical (unpaired) electrons. The van der Waals surface area contributed by atoms with Crippen LogP contribution in [-0.2, 0) is 0 Å². The van der Waals surface area contributed by atoms with E-state index in [1.165, 1.54) is 34.2 Å². The summed E-state index contributed by atoms with van der Waals surface area (Å²) in [6.07, 6.45) is 0. The van der Waals surface area contributed by atoms with Gasteiger partial charge in [-0.25, -0.2) is 0 Å². The summed E-state index contributed by atoms with van der Waals surface area (Å²) in [7, 11) is 0. The van der Waals surface area contributed by atoms with E-state index in [0.717, 1.165) is 0 Å². The first kappa shape index (κ1) is 2.77. The van der Waals surface area contributed by atoms with Crippen molar-refractivity contribution in [2.75, 3.05) is 0 Å². The maximum atomic E-state index is 2.26. The first-order valence-electron chi connectivity index (χ1n) is 3.14. The minimum Gasteiger partial charge on any atom is -0.152 e. The second-order valence-electron chi connectivity index (χ2n) is 3.37. The maximum absolute atomic E-state index is 2.26. The van der Waals surface area contributed by atoms with E-state index in [0.29, 0.717) is 0 Å². The van der Waals surface area contributed by atoms with E-state index in [1.54, 1.807) is 0 Å². The number of hydrogen-bond acceptors (Lipinski definition) is 1. The molecule has 0 N–H and O–H groups in total. The normalized spacial score (nSPS) is 96.0. The average Bonchev–Trinajstić information content (AvgIpc) is 2.43. The van der Waals surface area contributed by atoms with Gasteiger partial charge in [0.05, 0.1) is 0 Å². The van der Waals surface area contributed by atoms with Crippen molar-refractivity contribution >= 4 is 11.8 Å². The summed E-state index contributed by atoms with van der Waals surface area (Å²) in [5, 5.41) is 2.42. The molecule has 1 saturated heterocycles. The summed E-state index contributed by atoms with van der Waals surface area (Å²) in [4.78, 5) is 0. The first-order chi connectivity index (χ1) is 3.48. The van der Waals surface area contributed by atoms with Crippen LogP contribution in [0.5, 0.6) is 0 Å². The third-order valence-corrected chi connectivity index (χ3v) is 4.79. The van der Waals surface area contributed by atoms with Gasteiger partial charge in [0.15, 0.2) is 0 Å². The molecule has 5 aliphatic rings. The van der Waals surface area contributed by atoms with Gasteiger partial charge in [-0.1, -0.05) is 0 Å². The van der Waals surface area contributed by atoms with Crippen LogP contribution in [0.4, 0.5) is 0 Å². The molecule has 0 aromatic heterocycles. The van der Waals surface area contributed by atoms with E-state index in [1.807, 2.05) is 0 Å². The van der Waals surface area contributed by atoms with E-state index < -0.39 is 0 Å². The fraction of sp³-hybridized carbons (Fsp3) is 1.00. The summed E-state index contributed by atoms with van der Waals surface area (Å²) in [6.45, 7) is 0. The molecule has 0 aromatic rings. The average molecular weight is 110 g/mol. The summed E-state index contributed by atoms with van der Waals surface area (Å²) in [5.41, 5.74) is 0. The Morgan fingerprint density at radius 3 is 1.57 bits per heavy atom. The zero-order chi connectivity index (χ0) is 4.17. The highest BCUT2D eigenvalue weighted by molar-refractivity contribution is 8.08. The Bertz CT molecular complexity index is 136. The highest BCUT2D eigenvalue weighted by Crippen LogP contribution is 2.91. The lowest BCUT2D eigenvalue weighted by Gasteiger charge is -1.94. The molecule has 0 aromatic carbocycles. The SMILES string of the molecule is S1C2C1C1C3C2C13. The van der Waals surface area contributed by atoms with Crippen molar-refractivity contribution in [3.05, 3.63) is 0 Å². The van der Waals surface area contributed by atoms with Gasteiger partial charge in [0.2, 0.25) is 0 Å². The van der Waals surface area contributed by atoms with Crippen molar-refractivity contribution in [3.8, 4) is 0 Å². The van der Waals surface area contributed by atoms with Crippen LogP contribution in [0, 0.1) is 23.7 Å². The topological polar surface area (TPSA) is 0 Å². The molecule has 1 heteroatoms. The Morgan fingerprint density at radius 2 is 1.29 bits per heavy atom. The molecule has 5 rings (SSSR count). The van der Waals surface area contributed by atoms with Gasteiger partial charge >= 0.3 is 0 Å². The van der Waals surface area contributed by atoms with Crippen LogP contribution in [0.15, 0.2) is 0 Å². The third kappa shape index (κ3) is 0.130. The summed E-state index contributed by atoms with van der Waals surface area (Å²) >= 11 is 2.26. The number of thioether (sulfide) groups is 1. The molecule has 36 valence electrons. The largest absolute Gasteiger partial charge is 0.152 e. The minimum absolute atomic E-state index is 1.21. The Balaban J connectivity index is 2.09. The van der Waals surface area contributed by atoms with Crippen LogP contribution < -0.4 is 0 Å². The highest BCUT2D eigenvalue weighted by atomic mass is 32.2. The van der Waals surface area contributed by atoms with Crippen LogP contribution in [0.25, 0.3) is 0 Å². The molecular formula is C6H6S. The molecule has 4 saturated carbocycles. The van der Waals surface area contributed by atoms with E-state index in [9.17, 15) is 0 Å². The van der Waals surface area contributed by atoms with Crippen molar-refractivity contribution in [1.29, 1.82) is 0 Å². The molecule has 4 aliphatic carbocycles. The van der Waals surface area contributed by atoms with Crippen molar-refractivity contribution < 1.29 is 0 Å². The third-order valence-electron chi connectivity index (χ3n) is 3.26. The smallest absolute Gasteiger partial charge is 0.0206 e. The van der Waals surface area contributed by atoms with E-state index in [-0.39, 0.29) is 0 Å². The second-order valence-corrected chi connectivity index (χ2v) is 4.74. The lowest BCUT2D eigenvalue weighted by molar-refractivity contribution is 0.643. The van der Waals surface area contributed by atoms with Crippen LogP contribution in [0.2, 0.25) is 0 Å². The van der Waals surface area contributed by atoms with Crippen LogP contribution in [-0.4, -0.2) is 10.5 Å². The quantitative estimate of drug-likeness (QED) is 0.419. The lowest BCUT2D eigenvalue weighted by atomic mass is 10.2. The van der Waals surface area contributed by atoms with Crippen LogP contribution in [0.3, 0.4) is 0 Å². The molecule has 1 heterocycles. The predicted molar refractivity (Wildman–Crippen MR) is 29.1 cm³/mol. The van der Waals surface area contributed by atoms with Gasteiger partial charge in [-0.05, 0) is 23.7 Å². The fourth-order valence-corrected chi connectivity index (χ4v) is 4.49. The monoisotopic (exact) mass is 110 g/mol. The standard InChI is InChI=1S/C6H6S/c7-5-3-1-2(3)4(1)6(5)7/h1-6H. The van der Waals surface area contributed by atoms with Gasteiger partial charge in [-0.3, -0.25) is 0 Å². The Labute approximate surface area is 46.7 Å². The van der Waals surface area contributed by atoms with Gasteiger partial charge in [0, 0.05) is 10.5 Å². The van der Waals surface area contributed by atoms with E-state index in [2.05, 4.69) is 11.8 Å². The predicted octanol–water partition coefficient (Wildman–Crippen LogP) is 0.976. The molecule has 0 nitrogen and oxygen atoms in total. The molecular weight excluding hydrogens is 104 g/mol. The Morgan fingerprint density at radius 1 is 0.714 bits per heavy atom. The van der Waals surface area contributed by atoms with Gasteiger partial charge in [-0.15, -0.1) is 0 Å². The zero-order valence-electron chi connectivity index (χ0n) is 3.87. The molecule has 7 heavy (non-hydrogen) atoms. The number of hydrogen-bond donors (Lipinski definition) is 0. The molecule has 0 amide bonds. The molecule has 0 spiro atoms. The second kappa shape index (κ2) is 0.485. The number of rotatable bonds is 0. The van der Waals surface area contributed by atoms with Gasteiger partial charge in [0.1, 0.15) is 0 Å². The Kier molecular flexibility index (Phi) is 0.192. The van der Waals surface area contributed by atoms with E-state index in [4.69, 9.17) is 0 Å². The van der Waals surface area contributed by atoms with Crippen molar-refractivity contribution in [2.45, 2.75) is 10.5 Å². The van der Waals surface area contributed by atoms with Crippen molar-refractivity contribution in [3.63, 3.8) is 0 Å². The first-order valence-corrected chi connectivity index (χ1v) is 4.08. The van der Waals surface area contributed by atoms with Crippen LogP contribution in [0.1, 0.15) is 0 Å². The highest BCUT2D eigenvalue weighted by Gasteiger charge is 2.89. The van der Waals surface area contributed by atoms with Crippen molar-refractivity contribution in [2.24, 2.45) is 23.7 Å². The summed E-state index contributed by atoms with van der Waals surface area (Å²) < 4.78 is 0. The Hall–Kier alpha value is 0.350. The molecule has 2 unspecified atom stereocenters. The van der Waals surface area contributed by atoms with Crippen LogP contribution >= 0.6 is 11.8 Å². The molecule has 2 atom stereocenters. The molecule has 2 bridgehead atoms.